The van der Waals surface area contributed by atoms with E-state index in [1.165, 1.54) is 24.3 Å². The Morgan fingerprint density at radius 1 is 1.10 bits per heavy atom. The van der Waals surface area contributed by atoms with E-state index < -0.39 is 5.97 Å². The molecule has 8 heteroatoms. The molecule has 3 aromatic carbocycles. The molecule has 0 saturated heterocycles. The summed E-state index contributed by atoms with van der Waals surface area (Å²) >= 11 is 5.19. The highest BCUT2D eigenvalue weighted by atomic mass is 32.1. The Hall–Kier alpha value is -3.78. The van der Waals surface area contributed by atoms with Crippen LogP contribution in [0.2, 0.25) is 0 Å². The lowest BCUT2D eigenvalue weighted by Gasteiger charge is -2.12. The number of aromatic carboxylic acids is 1. The van der Waals surface area contributed by atoms with Gasteiger partial charge in [0.2, 0.25) is 0 Å². The summed E-state index contributed by atoms with van der Waals surface area (Å²) in [5.74, 6) is -0.709. The largest absolute Gasteiger partial charge is 0.495 e. The molecule has 0 heterocycles. The van der Waals surface area contributed by atoms with Crippen LogP contribution in [0, 0.1) is 5.82 Å². The van der Waals surface area contributed by atoms with Crippen molar-refractivity contribution in [1.29, 1.82) is 0 Å². The van der Waals surface area contributed by atoms with Crippen LogP contribution in [0.1, 0.15) is 15.9 Å². The standard InChI is InChI=1S/C22H18FN3O3S/c1-29-20-16(3-2-4-19(20)14-5-9-17(23)10-6-14)13-24-26-22(30)25-18-11-7-15(8-12-18)21(27)28/h2-13H,1H3,(H,27,28)(H2,25,26,30)/b24-13+. The first-order chi connectivity index (χ1) is 14.5. The first-order valence-corrected chi connectivity index (χ1v) is 9.25. The minimum atomic E-state index is -0.997. The number of carboxylic acids is 1. The number of nitrogens with one attached hydrogen (secondary N) is 2. The Balaban J connectivity index is 1.69. The number of thiocarbonyl (C=S) groups is 1. The zero-order valence-corrected chi connectivity index (χ0v) is 16.7. The zero-order chi connectivity index (χ0) is 21.5. The number of rotatable bonds is 6. The van der Waals surface area contributed by atoms with Crippen LogP contribution in [0.4, 0.5) is 10.1 Å². The third-order valence-corrected chi connectivity index (χ3v) is 4.36. The van der Waals surface area contributed by atoms with E-state index in [9.17, 15) is 9.18 Å². The van der Waals surface area contributed by atoms with Gasteiger partial charge in [-0.2, -0.15) is 5.10 Å². The summed E-state index contributed by atoms with van der Waals surface area (Å²) < 4.78 is 18.7. The first kappa shape index (κ1) is 20.9. The van der Waals surface area contributed by atoms with E-state index >= 15 is 0 Å². The Bertz CT molecular complexity index is 1080. The van der Waals surface area contributed by atoms with Crippen molar-refractivity contribution < 1.29 is 19.0 Å². The van der Waals surface area contributed by atoms with Gasteiger partial charge in [0, 0.05) is 16.8 Å². The predicted octanol–water partition coefficient (Wildman–Crippen LogP) is 4.52. The number of hydrogen-bond donors (Lipinski definition) is 3. The fraction of sp³-hybridized carbons (Fsp3) is 0.0455. The van der Waals surface area contributed by atoms with Crippen LogP contribution in [0.3, 0.4) is 0 Å². The van der Waals surface area contributed by atoms with Crippen LogP contribution in [0.25, 0.3) is 11.1 Å². The maximum absolute atomic E-state index is 13.2. The molecule has 0 aliphatic rings. The second-order valence-corrected chi connectivity index (χ2v) is 6.55. The molecular formula is C22H18FN3O3S. The lowest BCUT2D eigenvalue weighted by molar-refractivity contribution is 0.0697. The van der Waals surface area contributed by atoms with E-state index in [2.05, 4.69) is 15.8 Å². The van der Waals surface area contributed by atoms with Crippen molar-refractivity contribution in [3.63, 3.8) is 0 Å². The maximum atomic E-state index is 13.2. The molecule has 3 rings (SSSR count). The number of carboxylic acid groups (broad SMARTS) is 1. The Morgan fingerprint density at radius 3 is 2.43 bits per heavy atom. The van der Waals surface area contributed by atoms with E-state index in [-0.39, 0.29) is 16.5 Å². The second-order valence-electron chi connectivity index (χ2n) is 6.14. The number of halogens is 1. The zero-order valence-electron chi connectivity index (χ0n) is 15.9. The lowest BCUT2D eigenvalue weighted by atomic mass is 10.0. The minimum Gasteiger partial charge on any atom is -0.495 e. The van der Waals surface area contributed by atoms with E-state index in [1.54, 1.807) is 37.6 Å². The van der Waals surface area contributed by atoms with E-state index in [0.29, 0.717) is 17.0 Å². The quantitative estimate of drug-likeness (QED) is 0.307. The van der Waals surface area contributed by atoms with Gasteiger partial charge in [0.25, 0.3) is 0 Å². The van der Waals surface area contributed by atoms with Crippen molar-refractivity contribution >= 4 is 35.2 Å². The van der Waals surface area contributed by atoms with Crippen LogP contribution in [-0.2, 0) is 0 Å². The van der Waals surface area contributed by atoms with E-state index in [1.807, 2.05) is 18.2 Å². The fourth-order valence-corrected chi connectivity index (χ4v) is 2.93. The number of para-hydroxylation sites is 1. The molecule has 0 atom stereocenters. The summed E-state index contributed by atoms with van der Waals surface area (Å²) in [6, 6.07) is 17.9. The normalized spacial score (nSPS) is 10.6. The molecule has 0 aliphatic heterocycles. The van der Waals surface area contributed by atoms with E-state index in [4.69, 9.17) is 22.1 Å². The second kappa shape index (κ2) is 9.62. The van der Waals surface area contributed by atoms with Gasteiger partial charge in [0.05, 0.1) is 18.9 Å². The summed E-state index contributed by atoms with van der Waals surface area (Å²) in [5.41, 5.74) is 5.85. The third kappa shape index (κ3) is 5.18. The molecule has 0 bridgehead atoms. The maximum Gasteiger partial charge on any atom is 0.335 e. The van der Waals surface area contributed by atoms with Gasteiger partial charge in [-0.15, -0.1) is 0 Å². The topological polar surface area (TPSA) is 83.0 Å². The molecule has 30 heavy (non-hydrogen) atoms. The van der Waals surface area contributed by atoms with Crippen molar-refractivity contribution in [1.82, 2.24) is 5.43 Å². The molecule has 0 radical (unpaired) electrons. The number of nitrogens with zero attached hydrogens (tertiary/aromatic N) is 1. The third-order valence-electron chi connectivity index (χ3n) is 4.16. The molecular weight excluding hydrogens is 405 g/mol. The van der Waals surface area contributed by atoms with Crippen LogP contribution < -0.4 is 15.5 Å². The number of benzene rings is 3. The number of methoxy groups -OCH3 is 1. The first-order valence-electron chi connectivity index (χ1n) is 8.84. The monoisotopic (exact) mass is 423 g/mol. The molecule has 0 saturated carbocycles. The van der Waals surface area contributed by atoms with Gasteiger partial charge in [-0.1, -0.05) is 24.3 Å². The molecule has 3 aromatic rings. The van der Waals surface area contributed by atoms with Crippen molar-refractivity contribution in [3.05, 3.63) is 83.7 Å². The van der Waals surface area contributed by atoms with Gasteiger partial charge < -0.3 is 15.2 Å². The van der Waals surface area contributed by atoms with Gasteiger partial charge in [-0.05, 0) is 60.2 Å². The molecule has 0 aliphatic carbocycles. The number of ether oxygens (including phenoxy) is 1. The molecule has 0 aromatic heterocycles. The Labute approximate surface area is 178 Å². The summed E-state index contributed by atoms with van der Waals surface area (Å²) in [5, 5.41) is 16.2. The van der Waals surface area contributed by atoms with Crippen molar-refractivity contribution in [2.24, 2.45) is 5.10 Å². The Morgan fingerprint density at radius 2 is 1.80 bits per heavy atom. The smallest absolute Gasteiger partial charge is 0.335 e. The predicted molar refractivity (Wildman–Crippen MR) is 119 cm³/mol. The molecule has 152 valence electrons. The molecule has 3 N–H and O–H groups in total. The summed E-state index contributed by atoms with van der Waals surface area (Å²) in [7, 11) is 1.56. The molecule has 6 nitrogen and oxygen atoms in total. The molecule has 0 unspecified atom stereocenters. The average molecular weight is 423 g/mol. The highest BCUT2D eigenvalue weighted by molar-refractivity contribution is 7.80. The summed E-state index contributed by atoms with van der Waals surface area (Å²) in [6.07, 6.45) is 1.56. The minimum absolute atomic E-state index is 0.186. The molecule has 0 amide bonds. The van der Waals surface area contributed by atoms with Crippen LogP contribution in [-0.4, -0.2) is 29.5 Å². The average Bonchev–Trinajstić information content (AvgIpc) is 2.74. The molecule has 0 spiro atoms. The molecule has 0 fully saturated rings. The number of hydrogen-bond acceptors (Lipinski definition) is 4. The van der Waals surface area contributed by atoms with Crippen molar-refractivity contribution in [2.75, 3.05) is 12.4 Å². The number of carbonyl (C=O) groups is 1. The summed E-state index contributed by atoms with van der Waals surface area (Å²) in [6.45, 7) is 0. The van der Waals surface area contributed by atoms with Gasteiger partial charge in [-0.3, -0.25) is 5.43 Å². The van der Waals surface area contributed by atoms with Crippen molar-refractivity contribution in [3.8, 4) is 16.9 Å². The highest BCUT2D eigenvalue weighted by Gasteiger charge is 2.10. The SMILES string of the molecule is COc1c(/C=N/NC(=S)Nc2ccc(C(=O)O)cc2)cccc1-c1ccc(F)cc1. The lowest BCUT2D eigenvalue weighted by Crippen LogP contribution is -2.23. The van der Waals surface area contributed by atoms with Gasteiger partial charge in [-0.25, -0.2) is 9.18 Å². The number of anilines is 1. The van der Waals surface area contributed by atoms with Crippen molar-refractivity contribution in [2.45, 2.75) is 0 Å². The van der Waals surface area contributed by atoms with Gasteiger partial charge in [0.15, 0.2) is 5.11 Å². The summed E-state index contributed by atoms with van der Waals surface area (Å²) in [4.78, 5) is 10.9. The van der Waals surface area contributed by atoms with Gasteiger partial charge in [0.1, 0.15) is 11.6 Å². The highest BCUT2D eigenvalue weighted by Crippen LogP contribution is 2.32. The van der Waals surface area contributed by atoms with Crippen LogP contribution in [0.15, 0.2) is 71.8 Å². The van der Waals surface area contributed by atoms with E-state index in [0.717, 1.165) is 11.1 Å². The fourth-order valence-electron chi connectivity index (χ4n) is 2.76. The van der Waals surface area contributed by atoms with Crippen LogP contribution >= 0.6 is 12.2 Å². The Kier molecular flexibility index (Phi) is 6.71. The number of hydrazone groups is 1. The van der Waals surface area contributed by atoms with Crippen LogP contribution in [0.5, 0.6) is 5.75 Å². The van der Waals surface area contributed by atoms with Gasteiger partial charge >= 0.3 is 5.97 Å².